The van der Waals surface area contributed by atoms with Gasteiger partial charge in [0.1, 0.15) is 10.9 Å². The Hall–Kier alpha value is -1.97. The van der Waals surface area contributed by atoms with Crippen molar-refractivity contribution in [1.29, 1.82) is 0 Å². The molecule has 0 saturated carbocycles. The maximum Gasteiger partial charge on any atom is 0.345 e. The summed E-state index contributed by atoms with van der Waals surface area (Å²) in [5.41, 5.74) is -0.529. The highest BCUT2D eigenvalue weighted by Gasteiger charge is 2.39. The Balaban J connectivity index is 2.16. The van der Waals surface area contributed by atoms with Crippen LogP contribution < -0.4 is 5.32 Å². The summed E-state index contributed by atoms with van der Waals surface area (Å²) in [5.74, 6) is -1.95. The lowest BCUT2D eigenvalue weighted by atomic mass is 9.95. The van der Waals surface area contributed by atoms with Gasteiger partial charge in [-0.25, -0.2) is 4.79 Å². The molecular formula is C18H26N2O6S. The van der Waals surface area contributed by atoms with Crippen LogP contribution in [-0.2, 0) is 25.6 Å². The van der Waals surface area contributed by atoms with Crippen LogP contribution in [0.2, 0.25) is 0 Å². The molecule has 0 aliphatic carbocycles. The zero-order valence-corrected chi connectivity index (χ0v) is 16.6. The van der Waals surface area contributed by atoms with Gasteiger partial charge >= 0.3 is 17.9 Å². The first-order valence-electron chi connectivity index (χ1n) is 8.78. The van der Waals surface area contributed by atoms with Gasteiger partial charge in [0.15, 0.2) is 0 Å². The first-order chi connectivity index (χ1) is 12.8. The highest BCUT2D eigenvalue weighted by molar-refractivity contribution is 7.13. The van der Waals surface area contributed by atoms with E-state index >= 15 is 0 Å². The van der Waals surface area contributed by atoms with E-state index in [4.69, 9.17) is 14.6 Å². The van der Waals surface area contributed by atoms with Gasteiger partial charge in [0.2, 0.25) is 0 Å². The molecule has 150 valence electrons. The lowest BCUT2D eigenvalue weighted by molar-refractivity contribution is -0.151. The predicted octanol–water partition coefficient (Wildman–Crippen LogP) is 1.84. The van der Waals surface area contributed by atoms with Gasteiger partial charge in [-0.1, -0.05) is 0 Å². The second-order valence-electron chi connectivity index (χ2n) is 6.72. The maximum atomic E-state index is 12.1. The number of thiophene rings is 1. The molecule has 2 atom stereocenters. The zero-order chi connectivity index (χ0) is 20.0. The number of methoxy groups -OCH3 is 2. The molecule has 9 heteroatoms. The van der Waals surface area contributed by atoms with Gasteiger partial charge in [-0.3, -0.25) is 19.8 Å². The summed E-state index contributed by atoms with van der Waals surface area (Å²) < 4.78 is 9.53. The second-order valence-corrected chi connectivity index (χ2v) is 7.89. The molecule has 1 unspecified atom stereocenters. The molecule has 2 heterocycles. The molecule has 0 spiro atoms. The molecule has 0 amide bonds. The Labute approximate surface area is 162 Å². The van der Waals surface area contributed by atoms with E-state index in [2.05, 4.69) is 10.2 Å². The zero-order valence-electron chi connectivity index (χ0n) is 15.8. The minimum atomic E-state index is -0.936. The fourth-order valence-corrected chi connectivity index (χ4v) is 4.18. The monoisotopic (exact) mass is 398 g/mol. The molecule has 2 rings (SSSR count). The van der Waals surface area contributed by atoms with Crippen LogP contribution in [0.4, 0.5) is 0 Å². The van der Waals surface area contributed by atoms with Gasteiger partial charge in [-0.05, 0) is 38.3 Å². The van der Waals surface area contributed by atoms with Crippen molar-refractivity contribution in [3.05, 3.63) is 21.9 Å². The lowest BCUT2D eigenvalue weighted by Crippen LogP contribution is -2.63. The Morgan fingerprint density at radius 3 is 2.63 bits per heavy atom. The molecule has 1 aliphatic heterocycles. The van der Waals surface area contributed by atoms with E-state index in [0.29, 0.717) is 11.4 Å². The van der Waals surface area contributed by atoms with Crippen LogP contribution in [0.5, 0.6) is 0 Å². The predicted molar refractivity (Wildman–Crippen MR) is 99.5 cm³/mol. The number of rotatable bonds is 8. The summed E-state index contributed by atoms with van der Waals surface area (Å²) in [7, 11) is 2.57. The molecule has 0 radical (unpaired) electrons. The van der Waals surface area contributed by atoms with Crippen LogP contribution >= 0.6 is 11.3 Å². The molecule has 1 aromatic rings. The van der Waals surface area contributed by atoms with E-state index < -0.39 is 29.6 Å². The van der Waals surface area contributed by atoms with Crippen molar-refractivity contribution in [1.82, 2.24) is 10.2 Å². The average molecular weight is 398 g/mol. The SMILES string of the molecule is COC(=O)C[C@H](NC1(C)CCCCN1Cc1ccc(C(=O)O)s1)C(=O)OC. The van der Waals surface area contributed by atoms with Crippen molar-refractivity contribution in [2.45, 2.75) is 50.9 Å². The molecule has 1 fully saturated rings. The van der Waals surface area contributed by atoms with E-state index in [9.17, 15) is 14.4 Å². The van der Waals surface area contributed by atoms with E-state index in [1.165, 1.54) is 25.6 Å². The number of aromatic carboxylic acids is 1. The van der Waals surface area contributed by atoms with Gasteiger partial charge in [-0.15, -0.1) is 11.3 Å². The summed E-state index contributed by atoms with van der Waals surface area (Å²) in [4.78, 5) is 38.4. The number of carbonyl (C=O) groups excluding carboxylic acids is 2. The number of carboxylic acid groups (broad SMARTS) is 1. The maximum absolute atomic E-state index is 12.1. The molecule has 8 nitrogen and oxygen atoms in total. The minimum absolute atomic E-state index is 0.116. The molecule has 0 aromatic carbocycles. The number of hydrogen-bond donors (Lipinski definition) is 2. The lowest BCUT2D eigenvalue weighted by Gasteiger charge is -2.46. The Kier molecular flexibility index (Phi) is 7.34. The topological polar surface area (TPSA) is 105 Å². The summed E-state index contributed by atoms with van der Waals surface area (Å²) in [6.45, 7) is 3.36. The summed E-state index contributed by atoms with van der Waals surface area (Å²) in [6, 6.07) is 2.60. The highest BCUT2D eigenvalue weighted by Crippen LogP contribution is 2.30. The number of carbonyl (C=O) groups is 3. The highest BCUT2D eigenvalue weighted by atomic mass is 32.1. The summed E-state index contributed by atoms with van der Waals surface area (Å²) in [5, 5.41) is 12.4. The van der Waals surface area contributed by atoms with E-state index in [1.54, 1.807) is 6.07 Å². The van der Waals surface area contributed by atoms with E-state index in [0.717, 1.165) is 30.7 Å². The van der Waals surface area contributed by atoms with Crippen LogP contribution in [-0.4, -0.2) is 60.4 Å². The number of likely N-dealkylation sites (tertiary alicyclic amines) is 1. The van der Waals surface area contributed by atoms with Crippen molar-refractivity contribution in [2.75, 3.05) is 20.8 Å². The number of ether oxygens (including phenoxy) is 2. The van der Waals surface area contributed by atoms with Gasteiger partial charge < -0.3 is 14.6 Å². The quantitative estimate of drug-likeness (QED) is 0.639. The van der Waals surface area contributed by atoms with Crippen molar-refractivity contribution in [3.8, 4) is 0 Å². The molecule has 1 saturated heterocycles. The van der Waals surface area contributed by atoms with Crippen molar-refractivity contribution in [2.24, 2.45) is 0 Å². The van der Waals surface area contributed by atoms with Gasteiger partial charge in [-0.2, -0.15) is 0 Å². The molecular weight excluding hydrogens is 372 g/mol. The van der Waals surface area contributed by atoms with Gasteiger partial charge in [0, 0.05) is 18.0 Å². The largest absolute Gasteiger partial charge is 0.477 e. The number of piperidine rings is 1. The van der Waals surface area contributed by atoms with Crippen LogP contribution in [0.1, 0.15) is 47.2 Å². The van der Waals surface area contributed by atoms with Crippen LogP contribution in [0.15, 0.2) is 12.1 Å². The molecule has 0 bridgehead atoms. The van der Waals surface area contributed by atoms with Gasteiger partial charge in [0.05, 0.1) is 26.3 Å². The normalized spacial score (nSPS) is 21.4. The Morgan fingerprint density at radius 1 is 1.30 bits per heavy atom. The molecule has 27 heavy (non-hydrogen) atoms. The number of esters is 2. The third kappa shape index (κ3) is 5.50. The van der Waals surface area contributed by atoms with Crippen molar-refractivity contribution in [3.63, 3.8) is 0 Å². The van der Waals surface area contributed by atoms with E-state index in [1.807, 2.05) is 13.0 Å². The minimum Gasteiger partial charge on any atom is -0.477 e. The number of hydrogen-bond acceptors (Lipinski definition) is 8. The molecule has 1 aliphatic rings. The standard InChI is InChI=1S/C18H26N2O6S/c1-18(19-13(17(24)26-3)10-15(21)25-2)8-4-5-9-20(18)11-12-6-7-14(27-12)16(22)23/h6-7,13,19H,4-5,8-11H2,1-3H3,(H,22,23)/t13-,18?/m0/s1. The van der Waals surface area contributed by atoms with Crippen molar-refractivity contribution < 1.29 is 29.0 Å². The third-order valence-corrected chi connectivity index (χ3v) is 5.89. The number of nitrogens with one attached hydrogen (secondary N) is 1. The first-order valence-corrected chi connectivity index (χ1v) is 9.60. The fraction of sp³-hybridized carbons (Fsp3) is 0.611. The summed E-state index contributed by atoms with van der Waals surface area (Å²) >= 11 is 1.24. The molecule has 1 aromatic heterocycles. The smallest absolute Gasteiger partial charge is 0.345 e. The first kappa shape index (κ1) is 21.3. The van der Waals surface area contributed by atoms with Gasteiger partial charge in [0.25, 0.3) is 0 Å². The Morgan fingerprint density at radius 2 is 2.04 bits per heavy atom. The second kappa shape index (κ2) is 9.29. The number of nitrogens with zero attached hydrogens (tertiary/aromatic N) is 1. The summed E-state index contributed by atoms with van der Waals surface area (Å²) in [6.07, 6.45) is 2.67. The fourth-order valence-electron chi connectivity index (χ4n) is 3.32. The molecule has 2 N–H and O–H groups in total. The van der Waals surface area contributed by atoms with Crippen molar-refractivity contribution >= 4 is 29.2 Å². The van der Waals surface area contributed by atoms with Crippen LogP contribution in [0.3, 0.4) is 0 Å². The van der Waals surface area contributed by atoms with Crippen LogP contribution in [0, 0.1) is 0 Å². The number of carboxylic acids is 1. The van der Waals surface area contributed by atoms with Crippen LogP contribution in [0.25, 0.3) is 0 Å². The average Bonchev–Trinajstić information content (AvgIpc) is 3.11. The third-order valence-electron chi connectivity index (χ3n) is 4.83. The van der Waals surface area contributed by atoms with E-state index in [-0.39, 0.29) is 6.42 Å². The Bertz CT molecular complexity index is 691.